The smallest absolute Gasteiger partial charge is 0.265 e. The Morgan fingerprint density at radius 3 is 2.78 bits per heavy atom. The molecule has 0 saturated carbocycles. The van der Waals surface area contributed by atoms with Gasteiger partial charge >= 0.3 is 0 Å². The number of nitrogens with two attached hydrogens (primary N) is 1. The van der Waals surface area contributed by atoms with Crippen molar-refractivity contribution in [3.05, 3.63) is 33.2 Å². The molecule has 96 valence electrons. The van der Waals surface area contributed by atoms with Gasteiger partial charge < -0.3 is 5.73 Å². The first-order valence-corrected chi connectivity index (χ1v) is 8.05. The minimum absolute atomic E-state index is 0.0682. The molecule has 0 unspecified atom stereocenters. The zero-order valence-corrected chi connectivity index (χ0v) is 12.7. The first-order valence-electron chi connectivity index (χ1n) is 4.57. The molecular formula is C9H7BrClN3O2S2. The second-order valence-corrected chi connectivity index (χ2v) is 7.75. The number of rotatable bonds is 3. The summed E-state index contributed by atoms with van der Waals surface area (Å²) in [6.45, 7) is 0. The van der Waals surface area contributed by atoms with Crippen LogP contribution in [0.5, 0.6) is 0 Å². The maximum absolute atomic E-state index is 12.1. The monoisotopic (exact) mass is 367 g/mol. The second kappa shape index (κ2) is 5.04. The number of sulfonamides is 1. The molecule has 0 amide bonds. The van der Waals surface area contributed by atoms with E-state index in [1.807, 2.05) is 0 Å². The fourth-order valence-corrected chi connectivity index (χ4v) is 3.96. The van der Waals surface area contributed by atoms with E-state index >= 15 is 0 Å². The van der Waals surface area contributed by atoms with Gasteiger partial charge in [0.2, 0.25) is 0 Å². The van der Waals surface area contributed by atoms with Crippen LogP contribution >= 0.6 is 38.9 Å². The Morgan fingerprint density at radius 2 is 2.17 bits per heavy atom. The van der Waals surface area contributed by atoms with Gasteiger partial charge in [0.25, 0.3) is 10.0 Å². The van der Waals surface area contributed by atoms with Crippen LogP contribution in [0.3, 0.4) is 0 Å². The highest BCUT2D eigenvalue weighted by molar-refractivity contribution is 9.11. The van der Waals surface area contributed by atoms with E-state index in [1.54, 1.807) is 0 Å². The molecule has 0 saturated heterocycles. The molecule has 0 atom stereocenters. The van der Waals surface area contributed by atoms with Crippen LogP contribution in [0, 0.1) is 0 Å². The molecule has 9 heteroatoms. The van der Waals surface area contributed by atoms with E-state index in [4.69, 9.17) is 17.3 Å². The number of benzene rings is 1. The Hall–Kier alpha value is -0.830. The molecule has 1 heterocycles. The lowest BCUT2D eigenvalue weighted by Gasteiger charge is -2.08. The van der Waals surface area contributed by atoms with Crippen LogP contribution in [0.25, 0.3) is 0 Å². The minimum atomic E-state index is -3.79. The summed E-state index contributed by atoms with van der Waals surface area (Å²) in [7, 11) is -3.79. The van der Waals surface area contributed by atoms with Crippen molar-refractivity contribution in [2.45, 2.75) is 4.90 Å². The van der Waals surface area contributed by atoms with Crippen molar-refractivity contribution in [3.63, 3.8) is 0 Å². The van der Waals surface area contributed by atoms with Crippen molar-refractivity contribution in [1.82, 2.24) is 4.98 Å². The topological polar surface area (TPSA) is 85.1 Å². The summed E-state index contributed by atoms with van der Waals surface area (Å²) in [5.41, 5.74) is 5.76. The molecule has 5 nitrogen and oxygen atoms in total. The van der Waals surface area contributed by atoms with Crippen LogP contribution in [-0.4, -0.2) is 13.4 Å². The standard InChI is InChI=1S/C9H7BrClN3O2S2/c10-8-4-13-9(17-8)14-18(15,16)7-3-5(11)1-2-6(7)12/h1-4H,12H2,(H,13,14). The SMILES string of the molecule is Nc1ccc(Cl)cc1S(=O)(=O)Nc1ncc(Br)s1. The molecule has 2 rings (SSSR count). The fourth-order valence-electron chi connectivity index (χ4n) is 1.21. The third-order valence-electron chi connectivity index (χ3n) is 1.96. The number of thiazole rings is 1. The third kappa shape index (κ3) is 2.94. The van der Waals surface area contributed by atoms with Crippen LogP contribution in [0.1, 0.15) is 0 Å². The zero-order chi connectivity index (χ0) is 13.3. The van der Waals surface area contributed by atoms with Crippen molar-refractivity contribution < 1.29 is 8.42 Å². The fraction of sp³-hybridized carbons (Fsp3) is 0. The lowest BCUT2D eigenvalue weighted by atomic mass is 10.3. The maximum Gasteiger partial charge on any atom is 0.265 e. The van der Waals surface area contributed by atoms with E-state index in [0.717, 1.165) is 15.1 Å². The number of hydrogen-bond acceptors (Lipinski definition) is 5. The summed E-state index contributed by atoms with van der Waals surface area (Å²) in [5, 5.41) is 0.547. The lowest BCUT2D eigenvalue weighted by Crippen LogP contribution is -2.14. The van der Waals surface area contributed by atoms with Crippen molar-refractivity contribution >= 4 is 59.7 Å². The molecule has 0 aliphatic carbocycles. The first-order chi connectivity index (χ1) is 8.38. The van der Waals surface area contributed by atoms with Crippen molar-refractivity contribution in [2.75, 3.05) is 10.5 Å². The summed E-state index contributed by atoms with van der Waals surface area (Å²) in [6, 6.07) is 4.26. The quantitative estimate of drug-likeness (QED) is 0.816. The predicted molar refractivity (Wildman–Crippen MR) is 76.5 cm³/mol. The summed E-state index contributed by atoms with van der Waals surface area (Å²) in [6.07, 6.45) is 1.50. The molecule has 3 N–H and O–H groups in total. The molecule has 1 aromatic carbocycles. The van der Waals surface area contributed by atoms with Gasteiger partial charge in [0.1, 0.15) is 4.90 Å². The largest absolute Gasteiger partial charge is 0.398 e. The van der Waals surface area contributed by atoms with E-state index in [0.29, 0.717) is 5.02 Å². The molecule has 2 aromatic rings. The van der Waals surface area contributed by atoms with E-state index in [2.05, 4.69) is 25.6 Å². The highest BCUT2D eigenvalue weighted by Gasteiger charge is 2.19. The van der Waals surface area contributed by atoms with Crippen LogP contribution in [0.4, 0.5) is 10.8 Å². The summed E-state index contributed by atoms with van der Waals surface area (Å²) in [4.78, 5) is 3.82. The number of nitrogens with one attached hydrogen (secondary N) is 1. The van der Waals surface area contributed by atoms with Crippen molar-refractivity contribution in [2.24, 2.45) is 0 Å². The van der Waals surface area contributed by atoms with Gasteiger partial charge in [-0.15, -0.1) is 0 Å². The molecular weight excluding hydrogens is 362 g/mol. The first kappa shape index (κ1) is 13.6. The van der Waals surface area contributed by atoms with E-state index in [1.165, 1.54) is 24.4 Å². The molecule has 1 aromatic heterocycles. The van der Waals surface area contributed by atoms with Gasteiger partial charge in [0, 0.05) is 5.02 Å². The van der Waals surface area contributed by atoms with E-state index in [-0.39, 0.29) is 15.7 Å². The molecule has 0 fully saturated rings. The minimum Gasteiger partial charge on any atom is -0.398 e. The average molecular weight is 369 g/mol. The Bertz CT molecular complexity index is 687. The normalized spacial score (nSPS) is 11.4. The number of aromatic nitrogens is 1. The Kier molecular flexibility index (Phi) is 3.81. The Labute approximate surface area is 121 Å². The van der Waals surface area contributed by atoms with Crippen LogP contribution in [0.15, 0.2) is 33.1 Å². The third-order valence-corrected chi connectivity index (χ3v) is 5.11. The molecule has 0 radical (unpaired) electrons. The van der Waals surface area contributed by atoms with Crippen LogP contribution in [0.2, 0.25) is 5.02 Å². The van der Waals surface area contributed by atoms with Gasteiger partial charge in [-0.05, 0) is 34.1 Å². The van der Waals surface area contributed by atoms with E-state index < -0.39 is 10.0 Å². The molecule has 0 spiro atoms. The second-order valence-electron chi connectivity index (χ2n) is 3.26. The summed E-state index contributed by atoms with van der Waals surface area (Å²) >= 11 is 10.1. The van der Waals surface area contributed by atoms with Gasteiger partial charge in [-0.25, -0.2) is 13.4 Å². The molecule has 0 bridgehead atoms. The van der Waals surface area contributed by atoms with Crippen molar-refractivity contribution in [1.29, 1.82) is 0 Å². The number of anilines is 2. The van der Waals surface area contributed by atoms with Gasteiger partial charge in [-0.3, -0.25) is 4.72 Å². The molecule has 0 aliphatic heterocycles. The van der Waals surface area contributed by atoms with Crippen LogP contribution in [-0.2, 0) is 10.0 Å². The number of nitrogen functional groups attached to an aromatic ring is 1. The predicted octanol–water partition coefficient (Wildman–Crippen LogP) is 2.94. The Balaban J connectivity index is 2.39. The average Bonchev–Trinajstić information content (AvgIpc) is 2.66. The van der Waals surface area contributed by atoms with Crippen LogP contribution < -0.4 is 10.5 Å². The highest BCUT2D eigenvalue weighted by Crippen LogP contribution is 2.28. The van der Waals surface area contributed by atoms with Crippen molar-refractivity contribution in [3.8, 4) is 0 Å². The Morgan fingerprint density at radius 1 is 1.44 bits per heavy atom. The highest BCUT2D eigenvalue weighted by atomic mass is 79.9. The maximum atomic E-state index is 12.1. The molecule has 18 heavy (non-hydrogen) atoms. The van der Waals surface area contributed by atoms with E-state index in [9.17, 15) is 8.42 Å². The zero-order valence-electron chi connectivity index (χ0n) is 8.72. The number of hydrogen-bond donors (Lipinski definition) is 2. The summed E-state index contributed by atoms with van der Waals surface area (Å²) in [5.74, 6) is 0. The number of halogens is 2. The number of nitrogens with zero attached hydrogens (tertiary/aromatic N) is 1. The van der Waals surface area contributed by atoms with Gasteiger partial charge in [0.05, 0.1) is 15.7 Å². The molecule has 0 aliphatic rings. The van der Waals surface area contributed by atoms with Gasteiger partial charge in [-0.1, -0.05) is 22.9 Å². The van der Waals surface area contributed by atoms with Gasteiger partial charge in [0.15, 0.2) is 5.13 Å². The lowest BCUT2D eigenvalue weighted by molar-refractivity contribution is 0.601. The summed E-state index contributed by atoms with van der Waals surface area (Å²) < 4.78 is 27.2. The van der Waals surface area contributed by atoms with Gasteiger partial charge in [-0.2, -0.15) is 0 Å².